The van der Waals surface area contributed by atoms with Crippen molar-refractivity contribution in [2.75, 3.05) is 0 Å². The molecule has 0 aromatic heterocycles. The Morgan fingerprint density at radius 3 is 2.29 bits per heavy atom. The van der Waals surface area contributed by atoms with E-state index in [-0.39, 0.29) is 10.6 Å². The molecule has 1 aromatic carbocycles. The van der Waals surface area contributed by atoms with Gasteiger partial charge in [0.25, 0.3) is 10.0 Å². The Bertz CT molecular complexity index is 830. The molecular formula is C17H19ClN2O3S. The first-order valence-electron chi connectivity index (χ1n) is 7.25. The quantitative estimate of drug-likeness (QED) is 0.822. The summed E-state index contributed by atoms with van der Waals surface area (Å²) < 4.78 is 28.8. The molecule has 24 heavy (non-hydrogen) atoms. The summed E-state index contributed by atoms with van der Waals surface area (Å²) in [5.74, 6) is 0. The molecule has 2 rings (SSSR count). The van der Waals surface area contributed by atoms with Gasteiger partial charge in [0.15, 0.2) is 0 Å². The van der Waals surface area contributed by atoms with E-state index in [0.717, 1.165) is 5.06 Å². The Morgan fingerprint density at radius 1 is 1.12 bits per heavy atom. The van der Waals surface area contributed by atoms with E-state index in [9.17, 15) is 13.6 Å². The molecule has 5 nitrogen and oxygen atoms in total. The molecule has 0 aliphatic heterocycles. The highest BCUT2D eigenvalue weighted by molar-refractivity contribution is 7.90. The summed E-state index contributed by atoms with van der Waals surface area (Å²) in [4.78, 5) is 0.0541. The van der Waals surface area contributed by atoms with E-state index in [2.05, 4.69) is 4.40 Å². The van der Waals surface area contributed by atoms with E-state index >= 15 is 0 Å². The first-order valence-corrected chi connectivity index (χ1v) is 9.07. The highest BCUT2D eigenvalue weighted by atomic mass is 35.5. The van der Waals surface area contributed by atoms with E-state index in [0.29, 0.717) is 10.6 Å². The summed E-state index contributed by atoms with van der Waals surface area (Å²) in [7, 11) is -3.88. The SMILES string of the molecule is CC(C)(C)N(O)/C=C1\C=CC=C\C1=N\S(=O)(=O)c1ccc(Cl)cc1. The maximum Gasteiger partial charge on any atom is 0.282 e. The topological polar surface area (TPSA) is 70.0 Å². The van der Waals surface area contributed by atoms with Crippen LogP contribution in [0, 0.1) is 0 Å². The predicted octanol–water partition coefficient (Wildman–Crippen LogP) is 3.97. The lowest BCUT2D eigenvalue weighted by molar-refractivity contribution is -0.110. The first kappa shape index (κ1) is 18.4. The largest absolute Gasteiger partial charge is 0.288 e. The van der Waals surface area contributed by atoms with Crippen LogP contribution in [0.2, 0.25) is 5.02 Å². The minimum absolute atomic E-state index is 0.0541. The normalized spacial score (nSPS) is 18.4. The van der Waals surface area contributed by atoms with Gasteiger partial charge in [0, 0.05) is 16.8 Å². The van der Waals surface area contributed by atoms with Gasteiger partial charge in [-0.1, -0.05) is 29.8 Å². The van der Waals surface area contributed by atoms with Crippen LogP contribution in [0.1, 0.15) is 20.8 Å². The molecule has 1 aromatic rings. The van der Waals surface area contributed by atoms with Crippen LogP contribution < -0.4 is 0 Å². The zero-order valence-electron chi connectivity index (χ0n) is 13.6. The van der Waals surface area contributed by atoms with Gasteiger partial charge in [0.2, 0.25) is 0 Å². The van der Waals surface area contributed by atoms with Crippen molar-refractivity contribution >= 4 is 27.3 Å². The second-order valence-electron chi connectivity index (χ2n) is 6.22. The highest BCUT2D eigenvalue weighted by Gasteiger charge is 2.19. The van der Waals surface area contributed by atoms with E-state index < -0.39 is 15.6 Å². The Morgan fingerprint density at radius 2 is 1.71 bits per heavy atom. The number of nitrogens with zero attached hydrogens (tertiary/aromatic N) is 2. The average Bonchev–Trinajstić information content (AvgIpc) is 2.48. The number of hydroxylamine groups is 2. The molecule has 0 atom stereocenters. The Labute approximate surface area is 147 Å². The Balaban J connectivity index is 2.42. The third-order valence-electron chi connectivity index (χ3n) is 3.22. The zero-order chi connectivity index (χ0) is 18.0. The number of halogens is 1. The van der Waals surface area contributed by atoms with Crippen LogP contribution in [-0.2, 0) is 10.0 Å². The molecule has 0 saturated heterocycles. The molecule has 0 radical (unpaired) electrons. The number of hydrogen-bond acceptors (Lipinski definition) is 4. The fraction of sp³-hybridized carbons (Fsp3) is 0.235. The lowest BCUT2D eigenvalue weighted by Gasteiger charge is -2.29. The number of rotatable bonds is 3. The highest BCUT2D eigenvalue weighted by Crippen LogP contribution is 2.20. The summed E-state index contributed by atoms with van der Waals surface area (Å²) in [5, 5.41) is 11.6. The van der Waals surface area contributed by atoms with E-state index in [1.807, 2.05) is 20.8 Å². The number of hydrogen-bond donors (Lipinski definition) is 1. The summed E-state index contributed by atoms with van der Waals surface area (Å²) >= 11 is 5.78. The van der Waals surface area contributed by atoms with Crippen LogP contribution in [0.3, 0.4) is 0 Å². The van der Waals surface area contributed by atoms with Gasteiger partial charge in [0.1, 0.15) is 0 Å². The number of benzene rings is 1. The Hall–Kier alpha value is -1.89. The first-order chi connectivity index (χ1) is 11.1. The smallest absolute Gasteiger partial charge is 0.282 e. The number of allylic oxidation sites excluding steroid dienone is 5. The second kappa shape index (κ2) is 6.93. The Kier molecular flexibility index (Phi) is 5.32. The van der Waals surface area contributed by atoms with Crippen LogP contribution in [0.5, 0.6) is 0 Å². The molecule has 0 fully saturated rings. The standard InChI is InChI=1S/C17H19ClN2O3S/c1-17(2,3)20(21)12-13-6-4-5-7-16(13)19-24(22,23)15-10-8-14(18)9-11-15/h4-12,21H,1-3H3/b13-12+,19-16-. The monoisotopic (exact) mass is 366 g/mol. The number of sulfonamides is 1. The molecule has 7 heteroatoms. The summed E-state index contributed by atoms with van der Waals surface area (Å²) in [6.45, 7) is 5.48. The minimum atomic E-state index is -3.88. The molecule has 0 unspecified atom stereocenters. The predicted molar refractivity (Wildman–Crippen MR) is 95.8 cm³/mol. The zero-order valence-corrected chi connectivity index (χ0v) is 15.2. The van der Waals surface area contributed by atoms with Gasteiger partial charge in [-0.25, -0.2) is 0 Å². The van der Waals surface area contributed by atoms with Crippen molar-refractivity contribution in [1.82, 2.24) is 5.06 Å². The van der Waals surface area contributed by atoms with Crippen molar-refractivity contribution < 1.29 is 13.6 Å². The molecule has 0 saturated carbocycles. The van der Waals surface area contributed by atoms with Gasteiger partial charge in [-0.15, -0.1) is 0 Å². The molecule has 0 bridgehead atoms. The minimum Gasteiger partial charge on any atom is -0.288 e. The van der Waals surface area contributed by atoms with Crippen LogP contribution in [0.4, 0.5) is 0 Å². The molecule has 128 valence electrons. The third kappa shape index (κ3) is 4.56. The van der Waals surface area contributed by atoms with Crippen LogP contribution in [0.25, 0.3) is 0 Å². The van der Waals surface area contributed by atoms with E-state index in [1.54, 1.807) is 24.3 Å². The van der Waals surface area contributed by atoms with Crippen molar-refractivity contribution in [2.24, 2.45) is 4.40 Å². The van der Waals surface area contributed by atoms with Crippen molar-refractivity contribution in [3.8, 4) is 0 Å². The van der Waals surface area contributed by atoms with Gasteiger partial charge < -0.3 is 0 Å². The van der Waals surface area contributed by atoms with Crippen LogP contribution in [0.15, 0.2) is 69.6 Å². The lowest BCUT2D eigenvalue weighted by atomic mass is 10.1. The maximum absolute atomic E-state index is 12.4. The fourth-order valence-corrected chi connectivity index (χ4v) is 2.93. The molecule has 1 aliphatic carbocycles. The van der Waals surface area contributed by atoms with Gasteiger partial charge in [-0.3, -0.25) is 10.3 Å². The molecule has 1 aliphatic rings. The maximum atomic E-state index is 12.4. The average molecular weight is 367 g/mol. The van der Waals surface area contributed by atoms with Crippen LogP contribution in [-0.4, -0.2) is 29.9 Å². The molecule has 1 N–H and O–H groups in total. The van der Waals surface area contributed by atoms with E-state index in [4.69, 9.17) is 11.6 Å². The summed E-state index contributed by atoms with van der Waals surface area (Å²) in [6, 6.07) is 5.80. The van der Waals surface area contributed by atoms with Gasteiger partial charge >= 0.3 is 0 Å². The molecule has 0 spiro atoms. The van der Waals surface area contributed by atoms with Crippen molar-refractivity contribution in [2.45, 2.75) is 31.2 Å². The lowest BCUT2D eigenvalue weighted by Crippen LogP contribution is -2.34. The van der Waals surface area contributed by atoms with Crippen molar-refractivity contribution in [3.63, 3.8) is 0 Å². The van der Waals surface area contributed by atoms with Gasteiger partial charge in [-0.2, -0.15) is 12.8 Å². The van der Waals surface area contributed by atoms with Crippen molar-refractivity contribution in [1.29, 1.82) is 0 Å². The second-order valence-corrected chi connectivity index (χ2v) is 8.26. The van der Waals surface area contributed by atoms with E-state index in [1.165, 1.54) is 30.5 Å². The van der Waals surface area contributed by atoms with Crippen molar-refractivity contribution in [3.05, 3.63) is 65.4 Å². The van der Waals surface area contributed by atoms with Crippen LogP contribution >= 0.6 is 11.6 Å². The van der Waals surface area contributed by atoms with Gasteiger partial charge in [0.05, 0.1) is 16.1 Å². The van der Waals surface area contributed by atoms with Gasteiger partial charge in [-0.05, 0) is 51.1 Å². The fourth-order valence-electron chi connectivity index (χ4n) is 1.79. The summed E-state index contributed by atoms with van der Waals surface area (Å²) in [5.41, 5.74) is 0.213. The third-order valence-corrected chi connectivity index (χ3v) is 4.77. The molecule has 0 amide bonds. The molecular weight excluding hydrogens is 348 g/mol. The molecule has 0 heterocycles. The summed E-state index contributed by atoms with van der Waals surface area (Å²) in [6.07, 6.45) is 8.15.